The first-order valence-electron chi connectivity index (χ1n) is 6.38. The van der Waals surface area contributed by atoms with E-state index in [1.54, 1.807) is 7.11 Å². The summed E-state index contributed by atoms with van der Waals surface area (Å²) in [6.45, 7) is 2.12. The second-order valence-electron chi connectivity index (χ2n) is 4.53. The van der Waals surface area contributed by atoms with Gasteiger partial charge in [-0.1, -0.05) is 12.1 Å². The number of ether oxygens (including phenoxy) is 3. The van der Waals surface area contributed by atoms with Crippen LogP contribution in [0.15, 0.2) is 24.3 Å². The lowest BCUT2D eigenvalue weighted by molar-refractivity contribution is -0.0358. The summed E-state index contributed by atoms with van der Waals surface area (Å²) in [5.74, 6) is 0.828. The molecule has 2 N–H and O–H groups in total. The molecule has 1 aromatic carbocycles. The van der Waals surface area contributed by atoms with E-state index in [9.17, 15) is 0 Å². The van der Waals surface area contributed by atoms with Gasteiger partial charge in [0.15, 0.2) is 0 Å². The first-order chi connectivity index (χ1) is 8.79. The van der Waals surface area contributed by atoms with Crippen LogP contribution in [-0.4, -0.2) is 33.0 Å². The summed E-state index contributed by atoms with van der Waals surface area (Å²) in [5, 5.41) is 0. The molecule has 2 rings (SSSR count). The highest BCUT2D eigenvalue weighted by molar-refractivity contribution is 5.30. The van der Waals surface area contributed by atoms with E-state index in [0.717, 1.165) is 37.4 Å². The highest BCUT2D eigenvalue weighted by atomic mass is 16.5. The number of nitrogens with two attached hydrogens (primary N) is 1. The molecule has 100 valence electrons. The first kappa shape index (κ1) is 13.3. The largest absolute Gasteiger partial charge is 0.497 e. The molecule has 1 aromatic rings. The van der Waals surface area contributed by atoms with Crippen molar-refractivity contribution in [1.29, 1.82) is 0 Å². The second kappa shape index (κ2) is 6.73. The third-order valence-corrected chi connectivity index (χ3v) is 3.20. The molecular formula is C14H21NO3. The quantitative estimate of drug-likeness (QED) is 0.868. The minimum Gasteiger partial charge on any atom is -0.497 e. The third-order valence-electron chi connectivity index (χ3n) is 3.20. The lowest BCUT2D eigenvalue weighted by atomic mass is 10.1. The zero-order valence-corrected chi connectivity index (χ0v) is 10.8. The highest BCUT2D eigenvalue weighted by Gasteiger charge is 2.16. The van der Waals surface area contributed by atoms with E-state index in [1.165, 1.54) is 0 Å². The minimum atomic E-state index is -0.108. The molecule has 0 amide bonds. The number of benzene rings is 1. The van der Waals surface area contributed by atoms with Crippen LogP contribution in [0.1, 0.15) is 24.4 Å². The van der Waals surface area contributed by atoms with Crippen molar-refractivity contribution in [2.75, 3.05) is 26.9 Å². The highest BCUT2D eigenvalue weighted by Crippen LogP contribution is 2.19. The Labute approximate surface area is 108 Å². The predicted molar refractivity (Wildman–Crippen MR) is 69.7 cm³/mol. The van der Waals surface area contributed by atoms with Crippen molar-refractivity contribution in [1.82, 2.24) is 0 Å². The normalized spacial score (nSPS) is 18.6. The summed E-state index contributed by atoms with van der Waals surface area (Å²) in [5.41, 5.74) is 7.17. The predicted octanol–water partition coefficient (Wildman–Crippen LogP) is 1.89. The Morgan fingerprint density at radius 1 is 1.39 bits per heavy atom. The first-order valence-corrected chi connectivity index (χ1v) is 6.38. The van der Waals surface area contributed by atoms with Gasteiger partial charge in [-0.2, -0.15) is 0 Å². The fourth-order valence-corrected chi connectivity index (χ4v) is 2.05. The van der Waals surface area contributed by atoms with Crippen molar-refractivity contribution < 1.29 is 14.2 Å². The monoisotopic (exact) mass is 251 g/mol. The maximum atomic E-state index is 6.12. The van der Waals surface area contributed by atoms with Gasteiger partial charge in [-0.25, -0.2) is 0 Å². The Morgan fingerprint density at radius 2 is 2.17 bits per heavy atom. The molecule has 1 saturated heterocycles. The number of rotatable bonds is 5. The van der Waals surface area contributed by atoms with Gasteiger partial charge in [-0.05, 0) is 30.5 Å². The summed E-state index contributed by atoms with van der Waals surface area (Å²) in [7, 11) is 1.66. The van der Waals surface area contributed by atoms with Crippen LogP contribution < -0.4 is 10.5 Å². The summed E-state index contributed by atoms with van der Waals surface area (Å²) in [6, 6.07) is 7.71. The molecule has 1 unspecified atom stereocenters. The topological polar surface area (TPSA) is 53.7 Å². The molecular weight excluding hydrogens is 230 g/mol. The zero-order valence-electron chi connectivity index (χ0n) is 10.8. The molecule has 0 bridgehead atoms. The second-order valence-corrected chi connectivity index (χ2v) is 4.53. The standard InChI is InChI=1S/C14H21NO3/c1-16-13-4-2-3-11(9-13)14(15)10-18-12-5-7-17-8-6-12/h2-4,9,12,14H,5-8,10,15H2,1H3. The molecule has 18 heavy (non-hydrogen) atoms. The van der Waals surface area contributed by atoms with Gasteiger partial charge in [0.2, 0.25) is 0 Å². The summed E-state index contributed by atoms with van der Waals surface area (Å²) >= 11 is 0. The van der Waals surface area contributed by atoms with Gasteiger partial charge >= 0.3 is 0 Å². The fraction of sp³-hybridized carbons (Fsp3) is 0.571. The Hall–Kier alpha value is -1.10. The van der Waals surface area contributed by atoms with Crippen molar-refractivity contribution in [2.45, 2.75) is 25.0 Å². The van der Waals surface area contributed by atoms with E-state index in [0.29, 0.717) is 6.61 Å². The van der Waals surface area contributed by atoms with Gasteiger partial charge in [-0.15, -0.1) is 0 Å². The summed E-state index contributed by atoms with van der Waals surface area (Å²) in [6.07, 6.45) is 2.21. The van der Waals surface area contributed by atoms with E-state index < -0.39 is 0 Å². The van der Waals surface area contributed by atoms with E-state index in [1.807, 2.05) is 24.3 Å². The van der Waals surface area contributed by atoms with Crippen LogP contribution in [0.5, 0.6) is 5.75 Å². The fourth-order valence-electron chi connectivity index (χ4n) is 2.05. The summed E-state index contributed by atoms with van der Waals surface area (Å²) < 4.78 is 16.3. The Bertz CT molecular complexity index is 364. The maximum absolute atomic E-state index is 6.12. The van der Waals surface area contributed by atoms with Crippen molar-refractivity contribution in [2.24, 2.45) is 5.73 Å². The van der Waals surface area contributed by atoms with Gasteiger partial charge in [0.1, 0.15) is 5.75 Å². The smallest absolute Gasteiger partial charge is 0.119 e. The molecule has 0 spiro atoms. The lowest BCUT2D eigenvalue weighted by Crippen LogP contribution is -2.27. The van der Waals surface area contributed by atoms with Crippen molar-refractivity contribution >= 4 is 0 Å². The molecule has 0 radical (unpaired) electrons. The molecule has 1 atom stereocenters. The SMILES string of the molecule is COc1cccc(C(N)COC2CCOCC2)c1. The molecule has 0 aliphatic carbocycles. The average Bonchev–Trinajstić information content (AvgIpc) is 2.46. The third kappa shape index (κ3) is 3.70. The molecule has 4 nitrogen and oxygen atoms in total. The van der Waals surface area contributed by atoms with Crippen molar-refractivity contribution in [3.63, 3.8) is 0 Å². The van der Waals surface area contributed by atoms with Crippen LogP contribution in [0, 0.1) is 0 Å². The van der Waals surface area contributed by atoms with Crippen molar-refractivity contribution in [3.05, 3.63) is 29.8 Å². The van der Waals surface area contributed by atoms with Gasteiger partial charge < -0.3 is 19.9 Å². The Balaban J connectivity index is 1.84. The van der Waals surface area contributed by atoms with E-state index in [-0.39, 0.29) is 12.1 Å². The Morgan fingerprint density at radius 3 is 2.89 bits per heavy atom. The minimum absolute atomic E-state index is 0.108. The zero-order chi connectivity index (χ0) is 12.8. The molecule has 4 heteroatoms. The lowest BCUT2D eigenvalue weighted by Gasteiger charge is -2.24. The van der Waals surface area contributed by atoms with Gasteiger partial charge in [0.25, 0.3) is 0 Å². The number of methoxy groups -OCH3 is 1. The van der Waals surface area contributed by atoms with Crippen LogP contribution in [0.3, 0.4) is 0 Å². The van der Waals surface area contributed by atoms with E-state index in [4.69, 9.17) is 19.9 Å². The van der Waals surface area contributed by atoms with Crippen LogP contribution in [0.2, 0.25) is 0 Å². The van der Waals surface area contributed by atoms with Crippen LogP contribution in [-0.2, 0) is 9.47 Å². The molecule has 0 saturated carbocycles. The number of hydrogen-bond acceptors (Lipinski definition) is 4. The average molecular weight is 251 g/mol. The molecule has 1 aliphatic heterocycles. The van der Waals surface area contributed by atoms with Gasteiger partial charge in [-0.3, -0.25) is 0 Å². The summed E-state index contributed by atoms with van der Waals surface area (Å²) in [4.78, 5) is 0. The van der Waals surface area contributed by atoms with Crippen molar-refractivity contribution in [3.8, 4) is 5.75 Å². The van der Waals surface area contributed by atoms with E-state index >= 15 is 0 Å². The number of hydrogen-bond donors (Lipinski definition) is 1. The Kier molecular flexibility index (Phi) is 4.99. The van der Waals surface area contributed by atoms with Crippen LogP contribution >= 0.6 is 0 Å². The maximum Gasteiger partial charge on any atom is 0.119 e. The molecule has 0 aromatic heterocycles. The van der Waals surface area contributed by atoms with E-state index in [2.05, 4.69) is 0 Å². The molecule has 1 fully saturated rings. The van der Waals surface area contributed by atoms with Crippen LogP contribution in [0.4, 0.5) is 0 Å². The molecule has 1 aliphatic rings. The van der Waals surface area contributed by atoms with Gasteiger partial charge in [0.05, 0.1) is 25.9 Å². The van der Waals surface area contributed by atoms with Crippen LogP contribution in [0.25, 0.3) is 0 Å². The van der Waals surface area contributed by atoms with Gasteiger partial charge in [0, 0.05) is 13.2 Å². The molecule has 1 heterocycles.